The Morgan fingerprint density at radius 1 is 0.609 bits per heavy atom. The molecule has 110 valence electrons. The van der Waals surface area contributed by atoms with Gasteiger partial charge in [-0.05, 0) is 39.2 Å². The average Bonchev–Trinajstić information content (AvgIpc) is 2.62. The number of fused-ring (bicyclic) bond motifs is 1. The van der Waals surface area contributed by atoms with E-state index in [0.29, 0.717) is 4.73 Å². The smallest absolute Gasteiger partial charge is 0.197 e. The summed E-state index contributed by atoms with van der Waals surface area (Å²) in [4.78, 5) is 9.06. The predicted molar refractivity (Wildman–Crippen MR) is 98.1 cm³/mol. The lowest BCUT2D eigenvalue weighted by molar-refractivity contribution is 1.16. The van der Waals surface area contributed by atoms with Crippen molar-refractivity contribution in [2.45, 2.75) is 0 Å². The molecule has 0 saturated heterocycles. The minimum Gasteiger partial charge on any atom is -0.222 e. The fourth-order valence-electron chi connectivity index (χ4n) is 2.74. The molecule has 0 saturated carbocycles. The summed E-state index contributed by atoms with van der Waals surface area (Å²) < 4.78 is 0.608. The molecule has 23 heavy (non-hydrogen) atoms. The van der Waals surface area contributed by atoms with Crippen LogP contribution >= 0.6 is 15.9 Å². The Kier molecular flexibility index (Phi) is 3.64. The number of halogens is 1. The van der Waals surface area contributed by atoms with Crippen molar-refractivity contribution < 1.29 is 0 Å². The molecule has 0 spiro atoms. The number of nitrogens with zero attached hydrogens (tertiary/aromatic N) is 2. The molecule has 0 unspecified atom stereocenters. The molecule has 0 N–H and O–H groups in total. The Hall–Kier alpha value is -2.52. The summed E-state index contributed by atoms with van der Waals surface area (Å²) in [6, 6.07) is 26.9. The normalized spacial score (nSPS) is 10.8. The summed E-state index contributed by atoms with van der Waals surface area (Å²) in [5.74, 6) is 0. The van der Waals surface area contributed by atoms with Gasteiger partial charge in [-0.1, -0.05) is 66.7 Å². The van der Waals surface area contributed by atoms with Crippen LogP contribution in [0.2, 0.25) is 0 Å². The van der Waals surface area contributed by atoms with E-state index in [0.717, 1.165) is 22.2 Å². The number of benzene rings is 3. The van der Waals surface area contributed by atoms with Crippen molar-refractivity contribution in [1.82, 2.24) is 9.97 Å². The highest BCUT2D eigenvalue weighted by atomic mass is 79.9. The van der Waals surface area contributed by atoms with Crippen LogP contribution in [0.15, 0.2) is 83.6 Å². The molecule has 4 aromatic rings. The first-order chi connectivity index (χ1) is 11.3. The van der Waals surface area contributed by atoms with Gasteiger partial charge in [-0.3, -0.25) is 0 Å². The first-order valence-corrected chi connectivity index (χ1v) is 8.19. The number of hydrogen-bond donors (Lipinski definition) is 0. The largest absolute Gasteiger partial charge is 0.222 e. The second-order valence-electron chi connectivity index (χ2n) is 5.31. The summed E-state index contributed by atoms with van der Waals surface area (Å²) in [7, 11) is 0. The van der Waals surface area contributed by atoms with E-state index in [1.807, 2.05) is 24.3 Å². The highest BCUT2D eigenvalue weighted by Crippen LogP contribution is 2.30. The van der Waals surface area contributed by atoms with E-state index in [4.69, 9.17) is 0 Å². The summed E-state index contributed by atoms with van der Waals surface area (Å²) in [5, 5.41) is 1.06. The number of aromatic nitrogens is 2. The molecule has 0 aliphatic rings. The fraction of sp³-hybridized carbons (Fsp3) is 0. The average molecular weight is 361 g/mol. The number of rotatable bonds is 2. The van der Waals surface area contributed by atoms with E-state index in [2.05, 4.69) is 80.5 Å². The van der Waals surface area contributed by atoms with Gasteiger partial charge in [0.25, 0.3) is 0 Å². The molecule has 0 radical (unpaired) electrons. The molecule has 3 heteroatoms. The van der Waals surface area contributed by atoms with E-state index in [9.17, 15) is 0 Å². The van der Waals surface area contributed by atoms with E-state index in [1.165, 1.54) is 11.1 Å². The predicted octanol–water partition coefficient (Wildman–Crippen LogP) is 5.73. The van der Waals surface area contributed by atoms with Crippen molar-refractivity contribution in [1.29, 1.82) is 0 Å². The lowest BCUT2D eigenvalue weighted by atomic mass is 10.00. The van der Waals surface area contributed by atoms with Crippen molar-refractivity contribution in [2.24, 2.45) is 0 Å². The fourth-order valence-corrected chi connectivity index (χ4v) is 3.11. The first kappa shape index (κ1) is 14.1. The summed E-state index contributed by atoms with van der Waals surface area (Å²) in [5.41, 5.74) is 5.36. The van der Waals surface area contributed by atoms with Crippen molar-refractivity contribution >= 4 is 26.8 Å². The molecule has 1 aromatic heterocycles. The van der Waals surface area contributed by atoms with Crippen LogP contribution in [-0.2, 0) is 0 Å². The van der Waals surface area contributed by atoms with E-state index >= 15 is 0 Å². The Bertz CT molecular complexity index is 981. The lowest BCUT2D eigenvalue weighted by Gasteiger charge is -2.08. The SMILES string of the molecule is Brc1nc(-c2cccc(-c3ccccc3)c2)c2ccccc2n1. The van der Waals surface area contributed by atoms with Crippen molar-refractivity contribution in [2.75, 3.05) is 0 Å². The minimum atomic E-state index is 0.608. The maximum atomic E-state index is 4.61. The summed E-state index contributed by atoms with van der Waals surface area (Å²) in [6.07, 6.45) is 0. The van der Waals surface area contributed by atoms with Gasteiger partial charge in [0.2, 0.25) is 0 Å². The van der Waals surface area contributed by atoms with Crippen molar-refractivity contribution in [3.8, 4) is 22.4 Å². The van der Waals surface area contributed by atoms with Crippen molar-refractivity contribution in [3.63, 3.8) is 0 Å². The van der Waals surface area contributed by atoms with Gasteiger partial charge in [-0.2, -0.15) is 0 Å². The van der Waals surface area contributed by atoms with Crippen LogP contribution in [-0.4, -0.2) is 9.97 Å². The van der Waals surface area contributed by atoms with Crippen LogP contribution in [0, 0.1) is 0 Å². The van der Waals surface area contributed by atoms with Crippen LogP contribution in [0.1, 0.15) is 0 Å². The van der Waals surface area contributed by atoms with Gasteiger partial charge in [-0.15, -0.1) is 0 Å². The van der Waals surface area contributed by atoms with Crippen LogP contribution in [0.4, 0.5) is 0 Å². The minimum absolute atomic E-state index is 0.608. The molecule has 0 bridgehead atoms. The molecule has 2 nitrogen and oxygen atoms in total. The van der Waals surface area contributed by atoms with E-state index in [1.54, 1.807) is 0 Å². The second-order valence-corrected chi connectivity index (χ2v) is 6.01. The molecule has 0 fully saturated rings. The zero-order valence-corrected chi connectivity index (χ0v) is 13.9. The van der Waals surface area contributed by atoms with E-state index < -0.39 is 0 Å². The first-order valence-electron chi connectivity index (χ1n) is 7.39. The Balaban J connectivity index is 1.92. The zero-order valence-electron chi connectivity index (χ0n) is 12.3. The zero-order chi connectivity index (χ0) is 15.6. The Morgan fingerprint density at radius 2 is 1.30 bits per heavy atom. The quantitative estimate of drug-likeness (QED) is 0.426. The maximum absolute atomic E-state index is 4.61. The number of hydrogen-bond acceptors (Lipinski definition) is 2. The van der Waals surface area contributed by atoms with Gasteiger partial charge in [0.15, 0.2) is 4.73 Å². The lowest BCUT2D eigenvalue weighted by Crippen LogP contribution is -1.91. The van der Waals surface area contributed by atoms with Crippen LogP contribution < -0.4 is 0 Å². The van der Waals surface area contributed by atoms with Gasteiger partial charge in [0.1, 0.15) is 0 Å². The van der Waals surface area contributed by atoms with Gasteiger partial charge in [-0.25, -0.2) is 9.97 Å². The van der Waals surface area contributed by atoms with Gasteiger partial charge >= 0.3 is 0 Å². The molecule has 1 heterocycles. The van der Waals surface area contributed by atoms with Crippen LogP contribution in [0.25, 0.3) is 33.3 Å². The molecular formula is C20H13BrN2. The Labute approximate surface area is 143 Å². The van der Waals surface area contributed by atoms with E-state index in [-0.39, 0.29) is 0 Å². The number of para-hydroxylation sites is 1. The van der Waals surface area contributed by atoms with Crippen molar-refractivity contribution in [3.05, 3.63) is 83.6 Å². The van der Waals surface area contributed by atoms with Gasteiger partial charge in [0.05, 0.1) is 11.2 Å². The van der Waals surface area contributed by atoms with Gasteiger partial charge < -0.3 is 0 Å². The topological polar surface area (TPSA) is 25.8 Å². The standard InChI is InChI=1S/C20H13BrN2/c21-20-22-18-12-5-4-11-17(18)19(23-20)16-10-6-9-15(13-16)14-7-2-1-3-8-14/h1-13H. The molecule has 0 amide bonds. The van der Waals surface area contributed by atoms with Crippen LogP contribution in [0.3, 0.4) is 0 Å². The summed E-state index contributed by atoms with van der Waals surface area (Å²) in [6.45, 7) is 0. The Morgan fingerprint density at radius 3 is 2.17 bits per heavy atom. The summed E-state index contributed by atoms with van der Waals surface area (Å²) >= 11 is 3.42. The van der Waals surface area contributed by atoms with Gasteiger partial charge in [0, 0.05) is 10.9 Å². The molecule has 0 aliphatic heterocycles. The molecule has 3 aromatic carbocycles. The monoisotopic (exact) mass is 360 g/mol. The third-order valence-electron chi connectivity index (χ3n) is 3.82. The molecule has 4 rings (SSSR count). The third kappa shape index (κ3) is 2.76. The maximum Gasteiger partial charge on any atom is 0.197 e. The molecule has 0 atom stereocenters. The highest BCUT2D eigenvalue weighted by Gasteiger charge is 2.09. The second kappa shape index (κ2) is 5.94. The van der Waals surface area contributed by atoms with Crippen LogP contribution in [0.5, 0.6) is 0 Å². The third-order valence-corrected chi connectivity index (χ3v) is 4.17. The molecular weight excluding hydrogens is 348 g/mol. The highest BCUT2D eigenvalue weighted by molar-refractivity contribution is 9.10. The molecule has 0 aliphatic carbocycles.